The number of aromatic nitrogens is 6. The Morgan fingerprint density at radius 1 is 0.544 bits per heavy atom. The van der Waals surface area contributed by atoms with Gasteiger partial charge in [-0.05, 0) is 146 Å². The zero-order valence-electron chi connectivity index (χ0n) is 33.7. The Bertz CT molecular complexity index is 2300. The Morgan fingerprint density at radius 3 is 1.49 bits per heavy atom. The van der Waals surface area contributed by atoms with Crippen LogP contribution in [0.2, 0.25) is 5.02 Å². The van der Waals surface area contributed by atoms with Gasteiger partial charge >= 0.3 is 0 Å². The third kappa shape index (κ3) is 13.9. The number of rotatable bonds is 15. The van der Waals surface area contributed by atoms with Gasteiger partial charge in [0, 0.05) is 44.1 Å². The summed E-state index contributed by atoms with van der Waals surface area (Å²) >= 11 is 7.85. The number of hydrogen-bond acceptors (Lipinski definition) is 11. The van der Waals surface area contributed by atoms with Crippen LogP contribution in [0.3, 0.4) is 0 Å². The molecule has 0 spiro atoms. The average Bonchev–Trinajstić information content (AvgIpc) is 3.20. The molecule has 6 heterocycles. The van der Waals surface area contributed by atoms with Crippen LogP contribution in [0, 0.1) is 27.7 Å². The first-order valence-corrected chi connectivity index (χ1v) is 20.5. The first-order valence-electron chi connectivity index (χ1n) is 18.9. The molecule has 294 valence electrons. The molecule has 0 saturated carbocycles. The molecule has 0 amide bonds. The molecule has 0 aliphatic carbocycles. The average molecular weight is 801 g/mol. The molecule has 6 aromatic rings. The second kappa shape index (κ2) is 21.7. The summed E-state index contributed by atoms with van der Waals surface area (Å²) in [4.78, 5) is 39.6. The number of halogens is 1. The van der Waals surface area contributed by atoms with Gasteiger partial charge in [-0.15, -0.1) is 11.8 Å². The van der Waals surface area contributed by atoms with Gasteiger partial charge in [0.1, 0.15) is 24.6 Å². The van der Waals surface area contributed by atoms with E-state index < -0.39 is 0 Å². The van der Waals surface area contributed by atoms with Gasteiger partial charge in [0.2, 0.25) is 0 Å². The Morgan fingerprint density at radius 2 is 1.02 bits per heavy atom. The Balaban J connectivity index is 0.000000218. The molecule has 0 radical (unpaired) electrons. The van der Waals surface area contributed by atoms with Crippen LogP contribution in [0.4, 0.5) is 0 Å². The molecular weight excluding hydrogens is 752 g/mol. The van der Waals surface area contributed by atoms with Crippen LogP contribution in [-0.2, 0) is 22.5 Å². The van der Waals surface area contributed by atoms with E-state index in [1.54, 1.807) is 11.8 Å². The zero-order valence-corrected chi connectivity index (χ0v) is 35.2. The van der Waals surface area contributed by atoms with Crippen molar-refractivity contribution in [3.8, 4) is 22.8 Å². The monoisotopic (exact) mass is 800 g/mol. The molecule has 0 fully saturated rings. The smallest absolute Gasteiger partial charge is 0.117 e. The number of aryl methyl sites for hydroxylation is 6. The Hall–Kier alpha value is -5.52. The second-order valence-electron chi connectivity index (χ2n) is 13.4. The van der Waals surface area contributed by atoms with Gasteiger partial charge in [0.05, 0.1) is 34.2 Å². The van der Waals surface area contributed by atoms with Crippen LogP contribution in [0.15, 0.2) is 112 Å². The van der Waals surface area contributed by atoms with Crippen molar-refractivity contribution in [2.24, 2.45) is 10.3 Å². The molecule has 57 heavy (non-hydrogen) atoms. The first kappa shape index (κ1) is 42.6. The van der Waals surface area contributed by atoms with E-state index >= 15 is 0 Å². The highest BCUT2D eigenvalue weighted by molar-refractivity contribution is 7.98. The maximum atomic E-state index is 6.14. The number of hydrogen-bond donors (Lipinski definition) is 0. The second-order valence-corrected chi connectivity index (χ2v) is 14.7. The molecule has 0 bridgehead atoms. The predicted octanol–water partition coefficient (Wildman–Crippen LogP) is 10.4. The van der Waals surface area contributed by atoms with Crippen LogP contribution >= 0.6 is 23.4 Å². The third-order valence-electron chi connectivity index (χ3n) is 8.48. The van der Waals surface area contributed by atoms with E-state index in [4.69, 9.17) is 31.2 Å². The van der Waals surface area contributed by atoms with E-state index in [1.807, 2.05) is 126 Å². The number of nitrogens with zero attached hydrogens (tertiary/aromatic N) is 8. The van der Waals surface area contributed by atoms with Crippen molar-refractivity contribution in [2.45, 2.75) is 72.1 Å². The van der Waals surface area contributed by atoms with Crippen molar-refractivity contribution in [1.82, 2.24) is 29.9 Å². The van der Waals surface area contributed by atoms with Crippen LogP contribution in [0.1, 0.15) is 72.2 Å². The number of thioether (sulfide) groups is 1. The lowest BCUT2D eigenvalue weighted by molar-refractivity contribution is 0.141. The molecule has 0 unspecified atom stereocenters. The molecular formula is C45H49ClN8O2S. The van der Waals surface area contributed by atoms with Gasteiger partial charge in [-0.3, -0.25) is 29.9 Å². The number of oxime groups is 2. The van der Waals surface area contributed by atoms with E-state index in [0.717, 1.165) is 105 Å². The molecule has 10 nitrogen and oxygen atoms in total. The van der Waals surface area contributed by atoms with Crippen LogP contribution < -0.4 is 0 Å². The molecule has 0 saturated heterocycles. The third-order valence-corrected chi connectivity index (χ3v) is 9.40. The highest BCUT2D eigenvalue weighted by Gasteiger charge is 2.08. The fourth-order valence-corrected chi connectivity index (χ4v) is 6.45. The molecule has 0 aliphatic rings. The van der Waals surface area contributed by atoms with Gasteiger partial charge in [-0.2, -0.15) is 0 Å². The maximum absolute atomic E-state index is 6.14. The summed E-state index contributed by atoms with van der Waals surface area (Å²) < 4.78 is 0. The van der Waals surface area contributed by atoms with E-state index in [-0.39, 0.29) is 0 Å². The minimum atomic E-state index is 0.517. The Kier molecular flexibility index (Phi) is 16.2. The van der Waals surface area contributed by atoms with Gasteiger partial charge in [-0.25, -0.2) is 0 Å². The van der Waals surface area contributed by atoms with Gasteiger partial charge in [0.15, 0.2) is 0 Å². The highest BCUT2D eigenvalue weighted by Crippen LogP contribution is 2.23. The van der Waals surface area contributed by atoms with Crippen LogP contribution in [0.25, 0.3) is 22.8 Å². The van der Waals surface area contributed by atoms with Crippen molar-refractivity contribution in [3.63, 3.8) is 0 Å². The van der Waals surface area contributed by atoms with E-state index in [0.29, 0.717) is 18.2 Å². The SMILES string of the molecule is C/C(=N\OCCCc1cccc(-c2cc(Cl)cc(C)n2)n1)c1cccc(C)n1.CSc1cc(C)nc(-c2cccc(CCCO/N=C(\C)c3cccc(C)n3)n2)c1. The summed E-state index contributed by atoms with van der Waals surface area (Å²) in [6.45, 7) is 12.7. The summed E-state index contributed by atoms with van der Waals surface area (Å²) in [5.41, 5.74) is 12.5. The molecule has 6 rings (SSSR count). The van der Waals surface area contributed by atoms with Crippen molar-refractivity contribution >= 4 is 34.8 Å². The lowest BCUT2D eigenvalue weighted by atomic mass is 10.2. The minimum absolute atomic E-state index is 0.517. The fourth-order valence-electron chi connectivity index (χ4n) is 5.67. The van der Waals surface area contributed by atoms with Crippen molar-refractivity contribution in [3.05, 3.63) is 148 Å². The molecule has 0 aromatic carbocycles. The molecule has 0 aliphatic heterocycles. The largest absolute Gasteiger partial charge is 0.396 e. The lowest BCUT2D eigenvalue weighted by Gasteiger charge is -2.07. The quantitative estimate of drug-likeness (QED) is 0.0432. The molecule has 0 atom stereocenters. The number of pyridine rings is 6. The highest BCUT2D eigenvalue weighted by atomic mass is 35.5. The normalized spacial score (nSPS) is 11.5. The van der Waals surface area contributed by atoms with Crippen LogP contribution in [-0.4, -0.2) is 60.8 Å². The van der Waals surface area contributed by atoms with Gasteiger partial charge in [-0.1, -0.05) is 46.2 Å². The van der Waals surface area contributed by atoms with E-state index in [2.05, 4.69) is 48.6 Å². The summed E-state index contributed by atoms with van der Waals surface area (Å²) in [5, 5.41) is 9.01. The van der Waals surface area contributed by atoms with Gasteiger partial charge in [0.25, 0.3) is 0 Å². The summed E-state index contributed by atoms with van der Waals surface area (Å²) in [7, 11) is 0. The standard InChI is InChI=1S/C23H26N4OS.C22H23ClN4O/c1-16-8-5-11-21(24-16)18(3)27-28-13-7-10-19-9-6-12-22(26-19)23-15-20(29-4)14-17(2)25-23;1-15-7-4-10-20(24-15)17(3)27-28-12-6-9-19-8-5-11-21(26-19)22-14-18(23)13-16(2)25-22/h5-6,8-9,11-12,14-15H,7,10,13H2,1-4H3;4-5,7-8,10-11,13-14H,6,9,12H2,1-3H3/b27-18+;27-17+. The van der Waals surface area contributed by atoms with Crippen LogP contribution in [0.5, 0.6) is 0 Å². The lowest BCUT2D eigenvalue weighted by Crippen LogP contribution is -2.02. The topological polar surface area (TPSA) is 121 Å². The van der Waals surface area contributed by atoms with Crippen molar-refractivity contribution in [2.75, 3.05) is 19.5 Å². The summed E-state index contributed by atoms with van der Waals surface area (Å²) in [6, 6.07) is 31.6. The van der Waals surface area contributed by atoms with Crippen molar-refractivity contribution < 1.29 is 9.68 Å². The zero-order chi connectivity index (χ0) is 40.6. The minimum Gasteiger partial charge on any atom is -0.396 e. The Labute approximate surface area is 345 Å². The predicted molar refractivity (Wildman–Crippen MR) is 232 cm³/mol. The molecule has 12 heteroatoms. The molecule has 6 aromatic heterocycles. The van der Waals surface area contributed by atoms with E-state index in [1.165, 1.54) is 4.90 Å². The maximum Gasteiger partial charge on any atom is 0.117 e. The van der Waals surface area contributed by atoms with E-state index in [9.17, 15) is 0 Å². The first-order chi connectivity index (χ1) is 27.6. The van der Waals surface area contributed by atoms with Crippen molar-refractivity contribution in [1.29, 1.82) is 0 Å². The van der Waals surface area contributed by atoms with Gasteiger partial charge < -0.3 is 9.68 Å². The fraction of sp³-hybridized carbons (Fsp3) is 0.289. The summed E-state index contributed by atoms with van der Waals surface area (Å²) in [5.74, 6) is 0. The molecule has 0 N–H and O–H groups in total. The summed E-state index contributed by atoms with van der Waals surface area (Å²) in [6.07, 6.45) is 5.35.